The van der Waals surface area contributed by atoms with Gasteiger partial charge in [0, 0.05) is 6.54 Å². The topological polar surface area (TPSA) is 66.8 Å². The number of carbonyl (C=O) groups is 2. The SMILES string of the molecule is O=C(O)CN(CCc1ccccc1)C(=O)CC1OCCc2ccccc21. The van der Waals surface area contributed by atoms with Crippen molar-refractivity contribution < 1.29 is 19.4 Å². The fourth-order valence-electron chi connectivity index (χ4n) is 3.30. The number of fused-ring (bicyclic) bond motifs is 1. The van der Waals surface area contributed by atoms with Crippen molar-refractivity contribution in [1.82, 2.24) is 4.90 Å². The van der Waals surface area contributed by atoms with Crippen LogP contribution in [-0.4, -0.2) is 41.6 Å². The molecule has 0 bridgehead atoms. The summed E-state index contributed by atoms with van der Waals surface area (Å²) in [7, 11) is 0. The summed E-state index contributed by atoms with van der Waals surface area (Å²) in [5.74, 6) is -1.19. The van der Waals surface area contributed by atoms with Gasteiger partial charge < -0.3 is 14.7 Å². The van der Waals surface area contributed by atoms with Gasteiger partial charge in [0.1, 0.15) is 6.54 Å². The first kappa shape index (κ1) is 18.1. The zero-order chi connectivity index (χ0) is 18.4. The van der Waals surface area contributed by atoms with Crippen molar-refractivity contribution in [2.75, 3.05) is 19.7 Å². The van der Waals surface area contributed by atoms with Crippen LogP contribution in [0.5, 0.6) is 0 Å². The van der Waals surface area contributed by atoms with Crippen LogP contribution in [0.15, 0.2) is 54.6 Å². The van der Waals surface area contributed by atoms with Crippen molar-refractivity contribution in [2.45, 2.75) is 25.4 Å². The Kier molecular flexibility index (Phi) is 6.02. The van der Waals surface area contributed by atoms with E-state index in [1.54, 1.807) is 0 Å². The third kappa shape index (κ3) is 4.70. The fraction of sp³-hybridized carbons (Fsp3) is 0.333. The Bertz CT molecular complexity index is 760. The zero-order valence-corrected chi connectivity index (χ0v) is 14.6. The van der Waals surface area contributed by atoms with Crippen molar-refractivity contribution in [3.63, 3.8) is 0 Å². The summed E-state index contributed by atoms with van der Waals surface area (Å²) in [6.45, 7) is 0.668. The van der Waals surface area contributed by atoms with E-state index in [2.05, 4.69) is 6.07 Å². The highest BCUT2D eigenvalue weighted by Gasteiger charge is 2.26. The number of carboxylic acid groups (broad SMARTS) is 1. The molecule has 2 aromatic carbocycles. The molecule has 1 heterocycles. The Labute approximate surface area is 153 Å². The van der Waals surface area contributed by atoms with Crippen LogP contribution in [0.4, 0.5) is 0 Å². The number of benzene rings is 2. The first-order chi connectivity index (χ1) is 12.6. The summed E-state index contributed by atoms with van der Waals surface area (Å²) in [4.78, 5) is 25.4. The second-order valence-electron chi connectivity index (χ2n) is 6.46. The number of ether oxygens (including phenoxy) is 1. The maximum atomic E-state index is 12.8. The lowest BCUT2D eigenvalue weighted by Gasteiger charge is -2.28. The maximum Gasteiger partial charge on any atom is 0.323 e. The summed E-state index contributed by atoms with van der Waals surface area (Å²) in [6, 6.07) is 17.7. The van der Waals surface area contributed by atoms with Crippen LogP contribution in [0, 0.1) is 0 Å². The molecule has 5 nitrogen and oxygen atoms in total. The van der Waals surface area contributed by atoms with Gasteiger partial charge in [-0.05, 0) is 29.5 Å². The fourth-order valence-corrected chi connectivity index (χ4v) is 3.30. The third-order valence-corrected chi connectivity index (χ3v) is 4.64. The molecule has 1 amide bonds. The van der Waals surface area contributed by atoms with Gasteiger partial charge in [-0.3, -0.25) is 9.59 Å². The van der Waals surface area contributed by atoms with Gasteiger partial charge in [-0.2, -0.15) is 0 Å². The average molecular weight is 353 g/mol. The highest BCUT2D eigenvalue weighted by Crippen LogP contribution is 2.30. The first-order valence-corrected chi connectivity index (χ1v) is 8.86. The van der Waals surface area contributed by atoms with Crippen LogP contribution in [-0.2, 0) is 27.2 Å². The number of carboxylic acids is 1. The molecule has 0 radical (unpaired) electrons. The molecule has 5 heteroatoms. The number of hydrogen-bond acceptors (Lipinski definition) is 3. The monoisotopic (exact) mass is 353 g/mol. The van der Waals surface area contributed by atoms with Crippen LogP contribution >= 0.6 is 0 Å². The molecule has 0 aliphatic carbocycles. The summed E-state index contributed by atoms with van der Waals surface area (Å²) < 4.78 is 5.80. The lowest BCUT2D eigenvalue weighted by Crippen LogP contribution is -2.38. The molecule has 1 aliphatic rings. The van der Waals surface area contributed by atoms with Crippen LogP contribution in [0.3, 0.4) is 0 Å². The van der Waals surface area contributed by atoms with Gasteiger partial charge in [-0.1, -0.05) is 54.6 Å². The lowest BCUT2D eigenvalue weighted by molar-refractivity contribution is -0.145. The third-order valence-electron chi connectivity index (χ3n) is 4.64. The van der Waals surface area contributed by atoms with Crippen LogP contribution in [0.2, 0.25) is 0 Å². The number of carbonyl (C=O) groups excluding carboxylic acids is 1. The molecule has 26 heavy (non-hydrogen) atoms. The molecule has 3 rings (SSSR count). The van der Waals surface area contributed by atoms with Crippen molar-refractivity contribution >= 4 is 11.9 Å². The Balaban J connectivity index is 1.67. The van der Waals surface area contributed by atoms with E-state index in [0.29, 0.717) is 19.6 Å². The molecule has 0 spiro atoms. The minimum atomic E-state index is -1.00. The van der Waals surface area contributed by atoms with Gasteiger partial charge in [0.05, 0.1) is 19.1 Å². The lowest BCUT2D eigenvalue weighted by atomic mass is 9.95. The molecule has 1 N–H and O–H groups in total. The van der Waals surface area contributed by atoms with Gasteiger partial charge in [0.15, 0.2) is 0 Å². The second-order valence-corrected chi connectivity index (χ2v) is 6.46. The molecule has 0 fully saturated rings. The van der Waals surface area contributed by atoms with Crippen molar-refractivity contribution in [3.8, 4) is 0 Å². The molecular weight excluding hydrogens is 330 g/mol. The first-order valence-electron chi connectivity index (χ1n) is 8.86. The molecule has 1 unspecified atom stereocenters. The highest BCUT2D eigenvalue weighted by atomic mass is 16.5. The van der Waals surface area contributed by atoms with E-state index in [9.17, 15) is 9.59 Å². The predicted octanol–water partition coefficient (Wildman–Crippen LogP) is 2.85. The summed E-state index contributed by atoms with van der Waals surface area (Å²) in [5.41, 5.74) is 3.31. The molecule has 0 saturated heterocycles. The van der Waals surface area contributed by atoms with Gasteiger partial charge in [0.2, 0.25) is 5.91 Å². The summed E-state index contributed by atoms with van der Waals surface area (Å²) in [5, 5.41) is 9.17. The number of hydrogen-bond donors (Lipinski definition) is 1. The Morgan fingerprint density at radius 2 is 1.81 bits per heavy atom. The van der Waals surface area contributed by atoms with Gasteiger partial charge in [-0.15, -0.1) is 0 Å². The minimum absolute atomic E-state index is 0.166. The van der Waals surface area contributed by atoms with Gasteiger partial charge in [0.25, 0.3) is 0 Å². The van der Waals surface area contributed by atoms with E-state index in [1.165, 1.54) is 10.5 Å². The number of nitrogens with zero attached hydrogens (tertiary/aromatic N) is 1. The van der Waals surface area contributed by atoms with E-state index in [0.717, 1.165) is 17.5 Å². The van der Waals surface area contributed by atoms with Crippen LogP contribution in [0.25, 0.3) is 0 Å². The number of rotatable bonds is 7. The van der Waals surface area contributed by atoms with E-state index in [1.807, 2.05) is 48.5 Å². The molecule has 1 aliphatic heterocycles. The standard InChI is InChI=1S/C21H23NO4/c23-20(14-19-18-9-5-4-8-17(18)11-13-26-19)22(15-21(24)25)12-10-16-6-2-1-3-7-16/h1-9,19H,10-15H2,(H,24,25). The number of aliphatic carboxylic acids is 1. The quantitative estimate of drug-likeness (QED) is 0.831. The van der Waals surface area contributed by atoms with Crippen molar-refractivity contribution in [2.24, 2.45) is 0 Å². The average Bonchev–Trinajstić information content (AvgIpc) is 2.66. The number of amides is 1. The highest BCUT2D eigenvalue weighted by molar-refractivity contribution is 5.81. The van der Waals surface area contributed by atoms with E-state index in [-0.39, 0.29) is 25.0 Å². The Morgan fingerprint density at radius 1 is 1.08 bits per heavy atom. The zero-order valence-electron chi connectivity index (χ0n) is 14.6. The second kappa shape index (κ2) is 8.63. The summed E-state index contributed by atoms with van der Waals surface area (Å²) in [6.07, 6.45) is 1.33. The van der Waals surface area contributed by atoms with Crippen molar-refractivity contribution in [3.05, 3.63) is 71.3 Å². The smallest absolute Gasteiger partial charge is 0.323 e. The van der Waals surface area contributed by atoms with Crippen molar-refractivity contribution in [1.29, 1.82) is 0 Å². The Morgan fingerprint density at radius 3 is 2.58 bits per heavy atom. The molecule has 0 aromatic heterocycles. The van der Waals surface area contributed by atoms with Crippen LogP contribution in [0.1, 0.15) is 29.2 Å². The Hall–Kier alpha value is -2.66. The largest absolute Gasteiger partial charge is 0.480 e. The summed E-state index contributed by atoms with van der Waals surface area (Å²) >= 11 is 0. The molecule has 0 saturated carbocycles. The normalized spacial score (nSPS) is 15.9. The van der Waals surface area contributed by atoms with E-state index >= 15 is 0 Å². The molecule has 2 aromatic rings. The van der Waals surface area contributed by atoms with Gasteiger partial charge >= 0.3 is 5.97 Å². The van der Waals surface area contributed by atoms with Gasteiger partial charge in [-0.25, -0.2) is 0 Å². The molecule has 1 atom stereocenters. The predicted molar refractivity (Wildman–Crippen MR) is 97.8 cm³/mol. The molecule has 136 valence electrons. The van der Waals surface area contributed by atoms with E-state index < -0.39 is 5.97 Å². The van der Waals surface area contributed by atoms with Crippen LogP contribution < -0.4 is 0 Å². The maximum absolute atomic E-state index is 12.8. The minimum Gasteiger partial charge on any atom is -0.480 e. The van der Waals surface area contributed by atoms with E-state index in [4.69, 9.17) is 9.84 Å². The molecular formula is C21H23NO4.